The number of nitrogens with zero attached hydrogens (tertiary/aromatic N) is 3. The van der Waals surface area contributed by atoms with Crippen LogP contribution in [0.1, 0.15) is 10.4 Å². The summed E-state index contributed by atoms with van der Waals surface area (Å²) in [5.74, 6) is -0.590. The minimum atomic E-state index is -0.369. The highest BCUT2D eigenvalue weighted by Gasteiger charge is 2.15. The number of pyridine rings is 1. The summed E-state index contributed by atoms with van der Waals surface area (Å²) in [5, 5.41) is 0.935. The van der Waals surface area contributed by atoms with Gasteiger partial charge in [-0.3, -0.25) is 14.3 Å². The molecular weight excluding hydrogens is 361 g/mol. The lowest BCUT2D eigenvalue weighted by molar-refractivity contribution is 0.0965. The Balaban J connectivity index is 1.64. The summed E-state index contributed by atoms with van der Waals surface area (Å²) in [6.07, 6.45) is 5.20. The van der Waals surface area contributed by atoms with Crippen molar-refractivity contribution < 1.29 is 9.18 Å². The topological polar surface area (TPSA) is 47.8 Å². The maximum Gasteiger partial charge on any atom is 0.262 e. The molecule has 0 saturated heterocycles. The number of carbonyl (C=O) groups is 1. The summed E-state index contributed by atoms with van der Waals surface area (Å²) in [4.78, 5) is 21.5. The standard InChI is InChI=1S/C21H12FN3OS/c22-15-4-1-13(2-5-15)21(26)25-8-7-16-17(10-23-11-19(16)25)14-3-6-18-20(9-14)27-12-24-18/h1-12H. The SMILES string of the molecule is O=C(c1ccc(F)cc1)n1ccc2c(-c3ccc4ncsc4c3)cncc21. The van der Waals surface area contributed by atoms with Crippen molar-refractivity contribution in [1.82, 2.24) is 14.5 Å². The lowest BCUT2D eigenvalue weighted by Gasteiger charge is -2.07. The summed E-state index contributed by atoms with van der Waals surface area (Å²) in [5.41, 5.74) is 5.90. The molecule has 0 amide bonds. The Kier molecular flexibility index (Phi) is 3.58. The van der Waals surface area contributed by atoms with Crippen LogP contribution in [0.3, 0.4) is 0 Å². The first-order chi connectivity index (χ1) is 13.2. The molecule has 5 aromatic rings. The van der Waals surface area contributed by atoms with Crippen LogP contribution in [0.5, 0.6) is 0 Å². The second-order valence-electron chi connectivity index (χ2n) is 6.15. The molecule has 3 aromatic heterocycles. The van der Waals surface area contributed by atoms with Gasteiger partial charge in [0.15, 0.2) is 0 Å². The van der Waals surface area contributed by atoms with E-state index in [0.29, 0.717) is 11.1 Å². The fraction of sp³-hybridized carbons (Fsp3) is 0. The maximum atomic E-state index is 13.1. The smallest absolute Gasteiger partial charge is 0.262 e. The molecule has 4 nitrogen and oxygen atoms in total. The molecule has 0 aliphatic rings. The molecule has 0 saturated carbocycles. The van der Waals surface area contributed by atoms with E-state index in [2.05, 4.69) is 16.0 Å². The molecule has 0 aliphatic heterocycles. The minimum absolute atomic E-state index is 0.221. The Hall–Kier alpha value is -3.38. The molecule has 0 atom stereocenters. The van der Waals surface area contributed by atoms with E-state index in [4.69, 9.17) is 0 Å². The average Bonchev–Trinajstić information content (AvgIpc) is 3.34. The largest absolute Gasteiger partial charge is 0.282 e. The van der Waals surface area contributed by atoms with Gasteiger partial charge in [0.25, 0.3) is 5.91 Å². The van der Waals surface area contributed by atoms with E-state index in [1.54, 1.807) is 34.5 Å². The highest BCUT2D eigenvalue weighted by molar-refractivity contribution is 7.16. The van der Waals surface area contributed by atoms with Gasteiger partial charge in [0.05, 0.1) is 27.4 Å². The lowest BCUT2D eigenvalue weighted by atomic mass is 10.0. The van der Waals surface area contributed by atoms with Crippen molar-refractivity contribution in [3.8, 4) is 11.1 Å². The molecule has 0 unspecified atom stereocenters. The summed E-state index contributed by atoms with van der Waals surface area (Å²) in [6, 6.07) is 13.5. The van der Waals surface area contributed by atoms with Gasteiger partial charge in [0.1, 0.15) is 5.82 Å². The third-order valence-electron chi connectivity index (χ3n) is 4.57. The quantitative estimate of drug-likeness (QED) is 0.430. The van der Waals surface area contributed by atoms with Crippen molar-refractivity contribution in [1.29, 1.82) is 0 Å². The van der Waals surface area contributed by atoms with E-state index < -0.39 is 0 Å². The number of fused-ring (bicyclic) bond motifs is 2. The van der Waals surface area contributed by atoms with E-state index in [1.165, 1.54) is 24.3 Å². The minimum Gasteiger partial charge on any atom is -0.282 e. The molecular formula is C21H12FN3OS. The van der Waals surface area contributed by atoms with Crippen molar-refractivity contribution in [2.24, 2.45) is 0 Å². The number of halogens is 1. The van der Waals surface area contributed by atoms with Crippen molar-refractivity contribution in [3.63, 3.8) is 0 Å². The number of rotatable bonds is 2. The number of benzene rings is 2. The second-order valence-corrected chi connectivity index (χ2v) is 7.04. The maximum absolute atomic E-state index is 13.1. The van der Waals surface area contributed by atoms with E-state index in [1.807, 2.05) is 23.7 Å². The van der Waals surface area contributed by atoms with Crippen LogP contribution < -0.4 is 0 Å². The fourth-order valence-corrected chi connectivity index (χ4v) is 3.93. The molecule has 0 aliphatic carbocycles. The van der Waals surface area contributed by atoms with Crippen LogP contribution in [0, 0.1) is 5.82 Å². The fourth-order valence-electron chi connectivity index (χ4n) is 3.22. The Bertz CT molecular complexity index is 1300. The van der Waals surface area contributed by atoms with Crippen LogP contribution in [0.4, 0.5) is 4.39 Å². The summed E-state index contributed by atoms with van der Waals surface area (Å²) < 4.78 is 15.8. The normalized spacial score (nSPS) is 11.3. The van der Waals surface area contributed by atoms with E-state index in [9.17, 15) is 9.18 Å². The number of thiazole rings is 1. The first-order valence-corrected chi connectivity index (χ1v) is 9.17. The average molecular weight is 373 g/mol. The molecule has 6 heteroatoms. The first-order valence-electron chi connectivity index (χ1n) is 8.30. The van der Waals surface area contributed by atoms with Crippen molar-refractivity contribution in [2.45, 2.75) is 0 Å². The second kappa shape index (κ2) is 6.10. The van der Waals surface area contributed by atoms with Gasteiger partial charge in [-0.1, -0.05) is 6.07 Å². The third-order valence-corrected chi connectivity index (χ3v) is 5.36. The number of carbonyl (C=O) groups excluding carboxylic acids is 1. The molecule has 5 rings (SSSR count). The predicted molar refractivity (Wildman–Crippen MR) is 104 cm³/mol. The molecule has 0 radical (unpaired) electrons. The number of aromatic nitrogens is 3. The zero-order chi connectivity index (χ0) is 18.4. The molecule has 27 heavy (non-hydrogen) atoms. The number of hydrogen-bond donors (Lipinski definition) is 0. The zero-order valence-corrected chi connectivity index (χ0v) is 14.8. The van der Waals surface area contributed by atoms with Gasteiger partial charge in [0.2, 0.25) is 0 Å². The van der Waals surface area contributed by atoms with Crippen LogP contribution in [0.15, 0.2) is 72.6 Å². The van der Waals surface area contributed by atoms with Crippen molar-refractivity contribution in [2.75, 3.05) is 0 Å². The van der Waals surface area contributed by atoms with E-state index in [-0.39, 0.29) is 11.7 Å². The van der Waals surface area contributed by atoms with Crippen LogP contribution >= 0.6 is 11.3 Å². The van der Waals surface area contributed by atoms with Gasteiger partial charge >= 0.3 is 0 Å². The van der Waals surface area contributed by atoms with Gasteiger partial charge < -0.3 is 0 Å². The molecule has 3 heterocycles. The summed E-state index contributed by atoms with van der Waals surface area (Å²) >= 11 is 1.59. The predicted octanol–water partition coefficient (Wildman–Crippen LogP) is 5.14. The zero-order valence-electron chi connectivity index (χ0n) is 14.0. The third kappa shape index (κ3) is 2.62. The van der Waals surface area contributed by atoms with E-state index >= 15 is 0 Å². The highest BCUT2D eigenvalue weighted by Crippen LogP contribution is 2.31. The van der Waals surface area contributed by atoms with Crippen LogP contribution in [0.2, 0.25) is 0 Å². The van der Waals surface area contributed by atoms with Gasteiger partial charge in [-0.05, 0) is 48.0 Å². The molecule has 0 bridgehead atoms. The lowest BCUT2D eigenvalue weighted by Crippen LogP contribution is -2.10. The molecule has 0 spiro atoms. The number of hydrogen-bond acceptors (Lipinski definition) is 4. The van der Waals surface area contributed by atoms with Gasteiger partial charge in [0, 0.05) is 28.9 Å². The monoisotopic (exact) mass is 373 g/mol. The van der Waals surface area contributed by atoms with Gasteiger partial charge in [-0.2, -0.15) is 0 Å². The molecule has 0 N–H and O–H groups in total. The van der Waals surface area contributed by atoms with Crippen LogP contribution in [0.25, 0.3) is 32.2 Å². The summed E-state index contributed by atoms with van der Waals surface area (Å²) in [6.45, 7) is 0. The van der Waals surface area contributed by atoms with Gasteiger partial charge in [-0.25, -0.2) is 9.37 Å². The Morgan fingerprint density at radius 2 is 1.89 bits per heavy atom. The van der Waals surface area contributed by atoms with Crippen LogP contribution in [-0.4, -0.2) is 20.4 Å². The highest BCUT2D eigenvalue weighted by atomic mass is 32.1. The van der Waals surface area contributed by atoms with Crippen molar-refractivity contribution >= 4 is 38.4 Å². The summed E-state index contributed by atoms with van der Waals surface area (Å²) in [7, 11) is 0. The Morgan fingerprint density at radius 1 is 1.04 bits per heavy atom. The van der Waals surface area contributed by atoms with Crippen LogP contribution in [-0.2, 0) is 0 Å². The first kappa shape index (κ1) is 15.8. The molecule has 0 fully saturated rings. The molecule has 130 valence electrons. The van der Waals surface area contributed by atoms with Gasteiger partial charge in [-0.15, -0.1) is 11.3 Å². The molecule has 2 aromatic carbocycles. The van der Waals surface area contributed by atoms with Crippen molar-refractivity contribution in [3.05, 3.63) is 84.0 Å². The van der Waals surface area contributed by atoms with E-state index in [0.717, 1.165) is 26.7 Å². The Morgan fingerprint density at radius 3 is 2.74 bits per heavy atom. The Labute approximate surface area is 157 Å².